The number of furan rings is 1. The Hall–Kier alpha value is -2.84. The summed E-state index contributed by atoms with van der Waals surface area (Å²) in [5.41, 5.74) is 1.24. The van der Waals surface area contributed by atoms with Crippen LogP contribution in [0, 0.1) is 0 Å². The van der Waals surface area contributed by atoms with Crippen molar-refractivity contribution in [1.82, 2.24) is 19.5 Å². The minimum absolute atomic E-state index is 0.138. The van der Waals surface area contributed by atoms with Crippen LogP contribution in [0.4, 0.5) is 5.69 Å². The van der Waals surface area contributed by atoms with Crippen LogP contribution >= 0.6 is 11.3 Å². The van der Waals surface area contributed by atoms with E-state index in [1.165, 1.54) is 27.9 Å². The summed E-state index contributed by atoms with van der Waals surface area (Å²) in [5.74, 6) is 0.961. The third-order valence-electron chi connectivity index (χ3n) is 5.00. The Bertz CT molecular complexity index is 1020. The third-order valence-corrected chi connectivity index (χ3v) is 6.09. The van der Waals surface area contributed by atoms with E-state index in [1.54, 1.807) is 6.26 Å². The molecule has 0 amide bonds. The van der Waals surface area contributed by atoms with Crippen molar-refractivity contribution in [3.05, 3.63) is 65.7 Å². The fraction of sp³-hybridized carbons (Fsp3) is 0.263. The highest BCUT2D eigenvalue weighted by atomic mass is 32.1. The van der Waals surface area contributed by atoms with Crippen LogP contribution in [0.5, 0.6) is 5.88 Å². The number of benzene rings is 1. The Kier molecular flexibility index (Phi) is 4.06. The predicted octanol–water partition coefficient (Wildman–Crippen LogP) is 3.00. The molecule has 1 N–H and O–H groups in total. The number of aromatic hydroxyl groups is 1. The monoisotopic (exact) mass is 381 g/mol. The Morgan fingerprint density at radius 2 is 1.85 bits per heavy atom. The lowest BCUT2D eigenvalue weighted by Crippen LogP contribution is -2.47. The van der Waals surface area contributed by atoms with E-state index >= 15 is 0 Å². The number of aromatic nitrogens is 3. The van der Waals surface area contributed by atoms with Crippen molar-refractivity contribution in [2.24, 2.45) is 0 Å². The number of hydrogen-bond acceptors (Lipinski definition) is 7. The van der Waals surface area contributed by atoms with E-state index in [1.807, 2.05) is 18.2 Å². The van der Waals surface area contributed by atoms with Crippen LogP contribution in [0.15, 0.2) is 59.5 Å². The van der Waals surface area contributed by atoms with Gasteiger partial charge in [-0.3, -0.25) is 4.90 Å². The second-order valence-corrected chi connectivity index (χ2v) is 7.53. The first kappa shape index (κ1) is 16.3. The molecule has 0 spiro atoms. The van der Waals surface area contributed by atoms with Crippen LogP contribution in [0.1, 0.15) is 16.7 Å². The van der Waals surface area contributed by atoms with Gasteiger partial charge in [-0.15, -0.1) is 0 Å². The van der Waals surface area contributed by atoms with Crippen molar-refractivity contribution in [3.8, 4) is 5.88 Å². The smallest absolute Gasteiger partial charge is 0.230 e. The number of hydrogen-bond donors (Lipinski definition) is 1. The van der Waals surface area contributed by atoms with E-state index in [-0.39, 0.29) is 11.9 Å². The second-order valence-electron chi connectivity index (χ2n) is 6.52. The summed E-state index contributed by atoms with van der Waals surface area (Å²) in [6.45, 7) is 3.58. The molecule has 0 unspecified atom stereocenters. The molecule has 1 atom stereocenters. The molecular weight excluding hydrogens is 362 g/mol. The number of thiazole rings is 1. The Balaban J connectivity index is 1.44. The summed E-state index contributed by atoms with van der Waals surface area (Å²) in [6.07, 6.45) is 3.13. The molecule has 1 aromatic carbocycles. The molecule has 138 valence electrons. The van der Waals surface area contributed by atoms with E-state index in [9.17, 15) is 5.11 Å². The van der Waals surface area contributed by atoms with Gasteiger partial charge in [0.15, 0.2) is 0 Å². The zero-order valence-electron chi connectivity index (χ0n) is 14.6. The normalized spacial score (nSPS) is 16.8. The van der Waals surface area contributed by atoms with Gasteiger partial charge in [0.2, 0.25) is 10.8 Å². The number of para-hydroxylation sites is 1. The largest absolute Gasteiger partial charge is 0.492 e. The lowest BCUT2D eigenvalue weighted by molar-refractivity contribution is 0.191. The van der Waals surface area contributed by atoms with Gasteiger partial charge in [0, 0.05) is 31.9 Å². The van der Waals surface area contributed by atoms with Gasteiger partial charge in [0.25, 0.3) is 0 Å². The molecular formula is C19H19N5O2S. The van der Waals surface area contributed by atoms with Crippen LogP contribution in [0.25, 0.3) is 4.96 Å². The first-order valence-corrected chi connectivity index (χ1v) is 9.72. The van der Waals surface area contributed by atoms with Gasteiger partial charge >= 0.3 is 0 Å². The third kappa shape index (κ3) is 2.87. The van der Waals surface area contributed by atoms with Gasteiger partial charge in [-0.1, -0.05) is 29.5 Å². The molecule has 0 aliphatic carbocycles. The number of piperazine rings is 1. The number of rotatable bonds is 4. The highest BCUT2D eigenvalue weighted by Crippen LogP contribution is 2.40. The van der Waals surface area contributed by atoms with Crippen molar-refractivity contribution in [3.63, 3.8) is 0 Å². The molecule has 1 saturated heterocycles. The van der Waals surface area contributed by atoms with Gasteiger partial charge < -0.3 is 14.4 Å². The maximum Gasteiger partial charge on any atom is 0.230 e. The molecule has 8 heteroatoms. The molecule has 0 radical (unpaired) electrons. The Morgan fingerprint density at radius 1 is 1.04 bits per heavy atom. The molecule has 1 fully saturated rings. The molecule has 0 bridgehead atoms. The molecule has 27 heavy (non-hydrogen) atoms. The zero-order valence-corrected chi connectivity index (χ0v) is 15.4. The lowest BCUT2D eigenvalue weighted by Gasteiger charge is -2.39. The highest BCUT2D eigenvalue weighted by molar-refractivity contribution is 7.17. The van der Waals surface area contributed by atoms with Crippen LogP contribution in [0.2, 0.25) is 0 Å². The first-order valence-electron chi connectivity index (χ1n) is 8.90. The highest BCUT2D eigenvalue weighted by Gasteiger charge is 2.33. The Labute approximate surface area is 160 Å². The summed E-state index contributed by atoms with van der Waals surface area (Å²) in [7, 11) is 0. The van der Waals surface area contributed by atoms with Gasteiger partial charge in [0.1, 0.15) is 18.1 Å². The fourth-order valence-electron chi connectivity index (χ4n) is 3.67. The minimum Gasteiger partial charge on any atom is -0.492 e. The van der Waals surface area contributed by atoms with E-state index in [2.05, 4.69) is 44.1 Å². The SMILES string of the molecule is Oc1c([C@@H](c2ccco2)N2CCN(c3ccccc3)CC2)sc2ncnn12. The molecule has 4 heterocycles. The van der Waals surface area contributed by atoms with Crippen molar-refractivity contribution in [1.29, 1.82) is 0 Å². The quantitative estimate of drug-likeness (QED) is 0.586. The molecule has 5 rings (SSSR count). The maximum absolute atomic E-state index is 10.7. The fourth-order valence-corrected chi connectivity index (χ4v) is 4.74. The van der Waals surface area contributed by atoms with E-state index in [0.717, 1.165) is 36.8 Å². The standard InChI is InChI=1S/C19H19N5O2S/c25-18-17(27-19-20-13-21-24(18)19)16(15-7-4-12-26-15)23-10-8-22(9-11-23)14-5-2-1-3-6-14/h1-7,12-13,16,25H,8-11H2/t16-/m1/s1. The second kappa shape index (κ2) is 6.71. The van der Waals surface area contributed by atoms with Crippen LogP contribution < -0.4 is 4.90 Å². The van der Waals surface area contributed by atoms with E-state index in [4.69, 9.17) is 4.42 Å². The first-order chi connectivity index (χ1) is 13.3. The van der Waals surface area contributed by atoms with Crippen molar-refractivity contribution in [2.45, 2.75) is 6.04 Å². The zero-order chi connectivity index (χ0) is 18.2. The molecule has 4 aromatic rings. The van der Waals surface area contributed by atoms with Crippen LogP contribution in [0.3, 0.4) is 0 Å². The Morgan fingerprint density at radius 3 is 2.56 bits per heavy atom. The summed E-state index contributed by atoms with van der Waals surface area (Å²) >= 11 is 1.45. The lowest BCUT2D eigenvalue weighted by atomic mass is 10.1. The maximum atomic E-state index is 10.7. The molecule has 0 saturated carbocycles. The molecule has 3 aromatic heterocycles. The van der Waals surface area contributed by atoms with E-state index < -0.39 is 0 Å². The topological polar surface area (TPSA) is 70.0 Å². The van der Waals surface area contributed by atoms with Crippen LogP contribution in [-0.4, -0.2) is 50.8 Å². The average Bonchev–Trinajstić information content (AvgIpc) is 3.45. The van der Waals surface area contributed by atoms with Gasteiger partial charge in [0.05, 0.1) is 11.1 Å². The summed E-state index contributed by atoms with van der Waals surface area (Å²) < 4.78 is 7.21. The van der Waals surface area contributed by atoms with E-state index in [0.29, 0.717) is 4.96 Å². The molecule has 7 nitrogen and oxygen atoms in total. The summed E-state index contributed by atoms with van der Waals surface area (Å²) in [5, 5.41) is 14.8. The molecule has 1 aliphatic heterocycles. The number of fused-ring (bicyclic) bond motifs is 1. The van der Waals surface area contributed by atoms with Gasteiger partial charge in [-0.05, 0) is 24.3 Å². The average molecular weight is 381 g/mol. The molecule has 1 aliphatic rings. The van der Waals surface area contributed by atoms with Crippen molar-refractivity contribution < 1.29 is 9.52 Å². The van der Waals surface area contributed by atoms with Crippen LogP contribution in [-0.2, 0) is 0 Å². The van der Waals surface area contributed by atoms with Crippen molar-refractivity contribution >= 4 is 22.0 Å². The minimum atomic E-state index is -0.147. The van der Waals surface area contributed by atoms with Gasteiger partial charge in [-0.2, -0.15) is 9.61 Å². The number of nitrogens with zero attached hydrogens (tertiary/aromatic N) is 5. The number of anilines is 1. The van der Waals surface area contributed by atoms with Gasteiger partial charge in [-0.25, -0.2) is 4.98 Å². The summed E-state index contributed by atoms with van der Waals surface area (Å²) in [4.78, 5) is 10.4. The van der Waals surface area contributed by atoms with Crippen molar-refractivity contribution in [2.75, 3.05) is 31.1 Å². The summed E-state index contributed by atoms with van der Waals surface area (Å²) in [6, 6.07) is 14.2. The predicted molar refractivity (Wildman–Crippen MR) is 103 cm³/mol.